The first-order chi connectivity index (χ1) is 12.1. The van der Waals surface area contributed by atoms with Gasteiger partial charge in [-0.3, -0.25) is 9.59 Å². The van der Waals surface area contributed by atoms with E-state index in [0.717, 1.165) is 22.6 Å². The Hall–Kier alpha value is -3.02. The molecular formula is C19H20N2O4. The summed E-state index contributed by atoms with van der Waals surface area (Å²) in [6.07, 6.45) is 0.675. The summed E-state index contributed by atoms with van der Waals surface area (Å²) >= 11 is 0. The van der Waals surface area contributed by atoms with Crippen molar-refractivity contribution in [3.05, 3.63) is 59.2 Å². The highest BCUT2D eigenvalue weighted by Crippen LogP contribution is 2.32. The SMILES string of the molecule is Cc1ccccc1C(=O)NCC(=O)NCCc1ccc2c(c1)OCO2. The van der Waals surface area contributed by atoms with Gasteiger partial charge in [0.05, 0.1) is 6.54 Å². The molecule has 0 bridgehead atoms. The fraction of sp³-hybridized carbons (Fsp3) is 0.263. The van der Waals surface area contributed by atoms with E-state index in [4.69, 9.17) is 9.47 Å². The first kappa shape index (κ1) is 16.8. The molecule has 130 valence electrons. The van der Waals surface area contributed by atoms with Gasteiger partial charge in [-0.1, -0.05) is 24.3 Å². The van der Waals surface area contributed by atoms with Crippen molar-refractivity contribution in [3.63, 3.8) is 0 Å². The van der Waals surface area contributed by atoms with Gasteiger partial charge in [0, 0.05) is 12.1 Å². The normalized spacial score (nSPS) is 11.9. The Balaban J connectivity index is 1.41. The number of benzene rings is 2. The quantitative estimate of drug-likeness (QED) is 0.841. The number of carbonyl (C=O) groups excluding carboxylic acids is 2. The lowest BCUT2D eigenvalue weighted by Crippen LogP contribution is -2.37. The third-order valence-electron chi connectivity index (χ3n) is 3.97. The molecule has 2 amide bonds. The van der Waals surface area contributed by atoms with E-state index in [9.17, 15) is 9.59 Å². The summed E-state index contributed by atoms with van der Waals surface area (Å²) in [6.45, 7) is 2.55. The minimum Gasteiger partial charge on any atom is -0.454 e. The maximum Gasteiger partial charge on any atom is 0.251 e. The molecule has 2 N–H and O–H groups in total. The molecule has 2 aromatic carbocycles. The van der Waals surface area contributed by atoms with Gasteiger partial charge in [-0.15, -0.1) is 0 Å². The average molecular weight is 340 g/mol. The largest absolute Gasteiger partial charge is 0.454 e. The number of rotatable bonds is 6. The molecule has 2 aromatic rings. The number of fused-ring (bicyclic) bond motifs is 1. The molecule has 0 atom stereocenters. The van der Waals surface area contributed by atoms with Crippen LogP contribution in [0.25, 0.3) is 0 Å². The van der Waals surface area contributed by atoms with Crippen molar-refractivity contribution in [1.29, 1.82) is 0 Å². The first-order valence-corrected chi connectivity index (χ1v) is 8.12. The molecule has 0 aromatic heterocycles. The molecule has 0 saturated carbocycles. The highest BCUT2D eigenvalue weighted by Gasteiger charge is 2.13. The lowest BCUT2D eigenvalue weighted by Gasteiger charge is -2.09. The molecule has 6 heteroatoms. The zero-order chi connectivity index (χ0) is 17.6. The molecule has 0 fully saturated rings. The van der Waals surface area contributed by atoms with E-state index in [1.54, 1.807) is 12.1 Å². The molecule has 0 aliphatic carbocycles. The second-order valence-corrected chi connectivity index (χ2v) is 5.79. The Morgan fingerprint density at radius 1 is 1.04 bits per heavy atom. The Morgan fingerprint density at radius 3 is 2.68 bits per heavy atom. The van der Waals surface area contributed by atoms with Crippen molar-refractivity contribution in [2.75, 3.05) is 19.9 Å². The third kappa shape index (κ3) is 4.29. The highest BCUT2D eigenvalue weighted by molar-refractivity contribution is 5.97. The summed E-state index contributed by atoms with van der Waals surface area (Å²) in [5.41, 5.74) is 2.51. The number of hydrogen-bond acceptors (Lipinski definition) is 4. The Bertz CT molecular complexity index is 789. The monoisotopic (exact) mass is 340 g/mol. The second kappa shape index (κ2) is 7.70. The fourth-order valence-corrected chi connectivity index (χ4v) is 2.59. The molecule has 1 aliphatic rings. The molecule has 0 spiro atoms. The van der Waals surface area contributed by atoms with Crippen LogP contribution in [0, 0.1) is 6.92 Å². The molecule has 25 heavy (non-hydrogen) atoms. The Kier molecular flexibility index (Phi) is 5.18. The van der Waals surface area contributed by atoms with E-state index in [-0.39, 0.29) is 25.2 Å². The Labute approximate surface area is 146 Å². The van der Waals surface area contributed by atoms with Crippen molar-refractivity contribution >= 4 is 11.8 Å². The van der Waals surface area contributed by atoms with Crippen molar-refractivity contribution in [2.45, 2.75) is 13.3 Å². The Morgan fingerprint density at radius 2 is 1.84 bits per heavy atom. The van der Waals surface area contributed by atoms with Gasteiger partial charge in [-0.05, 0) is 42.7 Å². The second-order valence-electron chi connectivity index (χ2n) is 5.79. The summed E-state index contributed by atoms with van der Waals surface area (Å²) in [5.74, 6) is 1.01. The number of ether oxygens (including phenoxy) is 2. The van der Waals surface area contributed by atoms with Crippen LogP contribution in [0.5, 0.6) is 11.5 Å². The van der Waals surface area contributed by atoms with Crippen LogP contribution in [0.4, 0.5) is 0 Å². The summed E-state index contributed by atoms with van der Waals surface area (Å²) in [6, 6.07) is 13.0. The van der Waals surface area contributed by atoms with Gasteiger partial charge in [0.25, 0.3) is 5.91 Å². The minimum atomic E-state index is -0.246. The van der Waals surface area contributed by atoms with Gasteiger partial charge in [0.2, 0.25) is 12.7 Å². The number of amides is 2. The smallest absolute Gasteiger partial charge is 0.251 e. The van der Waals surface area contributed by atoms with Crippen molar-refractivity contribution in [2.24, 2.45) is 0 Å². The molecule has 0 saturated heterocycles. The minimum absolute atomic E-state index is 0.0473. The van der Waals surface area contributed by atoms with Gasteiger partial charge < -0.3 is 20.1 Å². The van der Waals surface area contributed by atoms with E-state index in [2.05, 4.69) is 10.6 Å². The van der Waals surface area contributed by atoms with E-state index in [1.807, 2.05) is 37.3 Å². The van der Waals surface area contributed by atoms with Crippen LogP contribution in [-0.4, -0.2) is 31.7 Å². The maximum absolute atomic E-state index is 12.1. The summed E-state index contributed by atoms with van der Waals surface area (Å²) in [5, 5.41) is 5.43. The van der Waals surface area contributed by atoms with Gasteiger partial charge in [0.15, 0.2) is 11.5 Å². The van der Waals surface area contributed by atoms with Crippen LogP contribution < -0.4 is 20.1 Å². The van der Waals surface area contributed by atoms with E-state index in [1.165, 1.54) is 0 Å². The number of hydrogen-bond donors (Lipinski definition) is 2. The van der Waals surface area contributed by atoms with Crippen LogP contribution in [-0.2, 0) is 11.2 Å². The molecule has 1 heterocycles. The molecular weight excluding hydrogens is 320 g/mol. The van der Waals surface area contributed by atoms with Crippen LogP contribution in [0.3, 0.4) is 0 Å². The lowest BCUT2D eigenvalue weighted by molar-refractivity contribution is -0.120. The predicted molar refractivity (Wildman–Crippen MR) is 92.8 cm³/mol. The first-order valence-electron chi connectivity index (χ1n) is 8.12. The van der Waals surface area contributed by atoms with Crippen LogP contribution in [0.15, 0.2) is 42.5 Å². The zero-order valence-corrected chi connectivity index (χ0v) is 14.0. The van der Waals surface area contributed by atoms with Crippen molar-refractivity contribution in [3.8, 4) is 11.5 Å². The molecule has 1 aliphatic heterocycles. The number of nitrogens with one attached hydrogen (secondary N) is 2. The van der Waals surface area contributed by atoms with Crippen molar-refractivity contribution < 1.29 is 19.1 Å². The predicted octanol–water partition coefficient (Wildman–Crippen LogP) is 1.81. The van der Waals surface area contributed by atoms with E-state index in [0.29, 0.717) is 18.5 Å². The standard InChI is InChI=1S/C19H20N2O4/c1-13-4-2-3-5-15(13)19(23)21-11-18(22)20-9-8-14-6-7-16-17(10-14)25-12-24-16/h2-7,10H,8-9,11-12H2,1H3,(H,20,22)(H,21,23). The van der Waals surface area contributed by atoms with Gasteiger partial charge in [-0.2, -0.15) is 0 Å². The zero-order valence-electron chi connectivity index (χ0n) is 14.0. The molecule has 3 rings (SSSR count). The lowest BCUT2D eigenvalue weighted by atomic mass is 10.1. The van der Waals surface area contributed by atoms with Crippen LogP contribution in [0.2, 0.25) is 0 Å². The number of carbonyl (C=O) groups is 2. The third-order valence-corrected chi connectivity index (χ3v) is 3.97. The average Bonchev–Trinajstić information content (AvgIpc) is 3.08. The summed E-state index contributed by atoms with van der Waals surface area (Å²) in [7, 11) is 0. The summed E-state index contributed by atoms with van der Waals surface area (Å²) in [4.78, 5) is 23.9. The molecule has 0 radical (unpaired) electrons. The van der Waals surface area contributed by atoms with Gasteiger partial charge >= 0.3 is 0 Å². The topological polar surface area (TPSA) is 76.7 Å². The van der Waals surface area contributed by atoms with Crippen molar-refractivity contribution in [1.82, 2.24) is 10.6 Å². The van der Waals surface area contributed by atoms with E-state index < -0.39 is 0 Å². The van der Waals surface area contributed by atoms with Gasteiger partial charge in [0.1, 0.15) is 0 Å². The van der Waals surface area contributed by atoms with Crippen LogP contribution in [0.1, 0.15) is 21.5 Å². The number of aryl methyl sites for hydroxylation is 1. The highest BCUT2D eigenvalue weighted by atomic mass is 16.7. The summed E-state index contributed by atoms with van der Waals surface area (Å²) < 4.78 is 10.6. The van der Waals surface area contributed by atoms with Gasteiger partial charge in [-0.25, -0.2) is 0 Å². The fourth-order valence-electron chi connectivity index (χ4n) is 2.59. The van der Waals surface area contributed by atoms with E-state index >= 15 is 0 Å². The molecule has 6 nitrogen and oxygen atoms in total. The maximum atomic E-state index is 12.1. The van der Waals surface area contributed by atoms with Crippen LogP contribution >= 0.6 is 0 Å². The molecule has 0 unspecified atom stereocenters.